The van der Waals surface area contributed by atoms with Crippen LogP contribution in [0.25, 0.3) is 0 Å². The predicted molar refractivity (Wildman–Crippen MR) is 78.0 cm³/mol. The summed E-state index contributed by atoms with van der Waals surface area (Å²) in [5.41, 5.74) is 2.12. The second kappa shape index (κ2) is 6.38. The van der Waals surface area contributed by atoms with Crippen molar-refractivity contribution in [2.75, 3.05) is 11.9 Å². The number of halogens is 1. The van der Waals surface area contributed by atoms with E-state index in [1.54, 1.807) is 19.9 Å². The van der Waals surface area contributed by atoms with Gasteiger partial charge >= 0.3 is 12.0 Å². The minimum absolute atomic E-state index is 0.181. The molecule has 1 aromatic carbocycles. The first-order valence-corrected chi connectivity index (χ1v) is 6.33. The predicted octanol–water partition coefficient (Wildman–Crippen LogP) is 3.03. The minimum Gasteiger partial charge on any atom is -0.478 e. The quantitative estimate of drug-likeness (QED) is 0.795. The van der Waals surface area contributed by atoms with Crippen LogP contribution in [0.1, 0.15) is 21.5 Å². The zero-order valence-electron chi connectivity index (χ0n) is 10.7. The molecule has 2 amide bonds. The number of carbonyl (C=O) groups is 2. The Morgan fingerprint density at radius 1 is 1.37 bits per heavy atom. The number of hydrogen-bond acceptors (Lipinski definition) is 2. The first-order valence-electron chi connectivity index (χ1n) is 5.54. The van der Waals surface area contributed by atoms with Gasteiger partial charge in [0.2, 0.25) is 0 Å². The number of aromatic carboxylic acids is 1. The highest BCUT2D eigenvalue weighted by Crippen LogP contribution is 2.20. The van der Waals surface area contributed by atoms with E-state index in [4.69, 9.17) is 5.11 Å². The van der Waals surface area contributed by atoms with Crippen LogP contribution in [0.2, 0.25) is 0 Å². The van der Waals surface area contributed by atoms with E-state index in [-0.39, 0.29) is 5.56 Å². The van der Waals surface area contributed by atoms with Crippen LogP contribution in [-0.2, 0) is 0 Å². The molecule has 0 unspecified atom stereocenters. The van der Waals surface area contributed by atoms with Gasteiger partial charge in [0, 0.05) is 10.2 Å². The molecule has 1 aromatic rings. The number of carboxylic acid groups (broad SMARTS) is 1. The molecule has 0 fully saturated rings. The van der Waals surface area contributed by atoms with E-state index in [1.807, 2.05) is 0 Å². The smallest absolute Gasteiger partial charge is 0.336 e. The lowest BCUT2D eigenvalue weighted by atomic mass is 10.0. The number of urea groups is 1. The fourth-order valence-corrected chi connectivity index (χ4v) is 1.65. The second-order valence-electron chi connectivity index (χ2n) is 4.10. The molecule has 0 bridgehead atoms. The Bertz CT molecular complexity index is 541. The van der Waals surface area contributed by atoms with Gasteiger partial charge in [0.05, 0.1) is 12.1 Å². The molecule has 1 rings (SSSR count). The number of nitrogens with one attached hydrogen (secondary N) is 2. The topological polar surface area (TPSA) is 78.4 Å². The van der Waals surface area contributed by atoms with Crippen molar-refractivity contribution >= 4 is 33.6 Å². The van der Waals surface area contributed by atoms with E-state index in [0.29, 0.717) is 22.3 Å². The Kier molecular flexibility index (Phi) is 5.11. The van der Waals surface area contributed by atoms with Gasteiger partial charge in [-0.3, -0.25) is 0 Å². The number of aryl methyl sites for hydroxylation is 1. The highest BCUT2D eigenvalue weighted by molar-refractivity contribution is 9.11. The molecule has 0 atom stereocenters. The summed E-state index contributed by atoms with van der Waals surface area (Å²) in [6.07, 6.45) is 0. The lowest BCUT2D eigenvalue weighted by Crippen LogP contribution is -2.29. The number of amides is 2. The van der Waals surface area contributed by atoms with Gasteiger partial charge in [0.1, 0.15) is 0 Å². The second-order valence-corrected chi connectivity index (χ2v) is 5.22. The van der Waals surface area contributed by atoms with E-state index in [0.717, 1.165) is 5.56 Å². The molecule has 0 saturated carbocycles. The fourth-order valence-electron chi connectivity index (χ4n) is 1.51. The summed E-state index contributed by atoms with van der Waals surface area (Å²) in [6.45, 7) is 7.42. The summed E-state index contributed by atoms with van der Waals surface area (Å²) < 4.78 is 0.647. The Labute approximate surface area is 119 Å². The van der Waals surface area contributed by atoms with Crippen molar-refractivity contribution < 1.29 is 14.7 Å². The van der Waals surface area contributed by atoms with Crippen LogP contribution in [0.15, 0.2) is 23.2 Å². The molecular weight excluding hydrogens is 312 g/mol. The average Bonchev–Trinajstić information content (AvgIpc) is 2.30. The number of carboxylic acids is 1. The highest BCUT2D eigenvalue weighted by Gasteiger charge is 2.12. The highest BCUT2D eigenvalue weighted by atomic mass is 79.9. The summed E-state index contributed by atoms with van der Waals surface area (Å²) in [4.78, 5) is 22.6. The maximum Gasteiger partial charge on any atom is 0.336 e. The van der Waals surface area contributed by atoms with E-state index in [2.05, 4.69) is 33.1 Å². The van der Waals surface area contributed by atoms with Crippen LogP contribution in [-0.4, -0.2) is 23.7 Å². The van der Waals surface area contributed by atoms with Crippen LogP contribution < -0.4 is 10.6 Å². The lowest BCUT2D eigenvalue weighted by molar-refractivity contribution is 0.0696. The minimum atomic E-state index is -1.02. The Balaban J connectivity index is 2.87. The number of benzene rings is 1. The summed E-state index contributed by atoms with van der Waals surface area (Å²) in [5, 5.41) is 14.2. The van der Waals surface area contributed by atoms with Gasteiger partial charge in [-0.05, 0) is 37.1 Å². The summed E-state index contributed by atoms with van der Waals surface area (Å²) in [7, 11) is 0. The normalized spacial score (nSPS) is 9.84. The van der Waals surface area contributed by atoms with Gasteiger partial charge in [-0.2, -0.15) is 0 Å². The van der Waals surface area contributed by atoms with Crippen LogP contribution in [0, 0.1) is 13.8 Å². The van der Waals surface area contributed by atoms with E-state index in [9.17, 15) is 9.59 Å². The number of rotatable bonds is 4. The maximum absolute atomic E-state index is 11.6. The van der Waals surface area contributed by atoms with Crippen molar-refractivity contribution in [1.82, 2.24) is 5.32 Å². The maximum atomic E-state index is 11.6. The zero-order chi connectivity index (χ0) is 14.6. The van der Waals surface area contributed by atoms with E-state index >= 15 is 0 Å². The third-order valence-corrected chi connectivity index (χ3v) is 2.88. The van der Waals surface area contributed by atoms with Crippen molar-refractivity contribution in [2.45, 2.75) is 13.8 Å². The first-order chi connectivity index (χ1) is 8.81. The Morgan fingerprint density at radius 3 is 2.53 bits per heavy atom. The molecule has 0 spiro atoms. The van der Waals surface area contributed by atoms with Crippen LogP contribution in [0.3, 0.4) is 0 Å². The van der Waals surface area contributed by atoms with Crippen molar-refractivity contribution in [1.29, 1.82) is 0 Å². The average molecular weight is 327 g/mol. The first kappa shape index (κ1) is 15.2. The third-order valence-electron chi connectivity index (χ3n) is 2.60. The number of hydrogen-bond donors (Lipinski definition) is 3. The standard InChI is InChI=1S/C13H15BrN2O3/c1-7-4-10(5-11(9(7)3)12(17)18)16-13(19)15-6-8(2)14/h4-5H,2,6H2,1,3H3,(H,17,18)(H2,15,16,19). The van der Waals surface area contributed by atoms with Gasteiger partial charge in [-0.1, -0.05) is 22.5 Å². The molecule has 3 N–H and O–H groups in total. The van der Waals surface area contributed by atoms with Gasteiger partial charge < -0.3 is 15.7 Å². The Morgan fingerprint density at radius 2 is 2.00 bits per heavy atom. The number of carbonyl (C=O) groups excluding carboxylic acids is 1. The van der Waals surface area contributed by atoms with Crippen LogP contribution in [0.5, 0.6) is 0 Å². The number of anilines is 1. The van der Waals surface area contributed by atoms with Crippen LogP contribution >= 0.6 is 15.9 Å². The van der Waals surface area contributed by atoms with E-state index < -0.39 is 12.0 Å². The molecule has 6 heteroatoms. The molecule has 0 saturated heterocycles. The summed E-state index contributed by atoms with van der Waals surface area (Å²) in [5.74, 6) is -1.02. The van der Waals surface area contributed by atoms with Crippen molar-refractivity contribution in [3.8, 4) is 0 Å². The lowest BCUT2D eigenvalue weighted by Gasteiger charge is -2.11. The molecule has 19 heavy (non-hydrogen) atoms. The van der Waals surface area contributed by atoms with Crippen molar-refractivity contribution in [3.63, 3.8) is 0 Å². The molecule has 5 nitrogen and oxygen atoms in total. The Hall–Kier alpha value is -1.82. The molecule has 0 aliphatic carbocycles. The van der Waals surface area contributed by atoms with Gasteiger partial charge in [-0.15, -0.1) is 0 Å². The molecule has 0 aliphatic heterocycles. The van der Waals surface area contributed by atoms with Crippen LogP contribution in [0.4, 0.5) is 10.5 Å². The van der Waals surface area contributed by atoms with E-state index in [1.165, 1.54) is 6.07 Å². The van der Waals surface area contributed by atoms with Crippen molar-refractivity contribution in [2.24, 2.45) is 0 Å². The third kappa shape index (κ3) is 4.40. The van der Waals surface area contributed by atoms with Gasteiger partial charge in [0.15, 0.2) is 0 Å². The molecular formula is C13H15BrN2O3. The van der Waals surface area contributed by atoms with Crippen molar-refractivity contribution in [3.05, 3.63) is 39.9 Å². The zero-order valence-corrected chi connectivity index (χ0v) is 12.3. The van der Waals surface area contributed by atoms with Gasteiger partial charge in [0.25, 0.3) is 0 Å². The largest absolute Gasteiger partial charge is 0.478 e. The molecule has 0 radical (unpaired) electrons. The van der Waals surface area contributed by atoms with Gasteiger partial charge in [-0.25, -0.2) is 9.59 Å². The molecule has 0 heterocycles. The summed E-state index contributed by atoms with van der Waals surface area (Å²) >= 11 is 3.13. The SMILES string of the molecule is C=C(Br)CNC(=O)Nc1cc(C)c(C)c(C(=O)O)c1. The molecule has 102 valence electrons. The molecule has 0 aliphatic rings. The fraction of sp³-hybridized carbons (Fsp3) is 0.231. The molecule has 0 aromatic heterocycles. The monoisotopic (exact) mass is 326 g/mol. The summed E-state index contributed by atoms with van der Waals surface area (Å²) in [6, 6.07) is 2.75.